The molecule has 0 bridgehead atoms. The van der Waals surface area contributed by atoms with Crippen molar-refractivity contribution in [3.8, 4) is 5.75 Å². The van der Waals surface area contributed by atoms with Crippen LogP contribution in [-0.2, 0) is 17.1 Å². The summed E-state index contributed by atoms with van der Waals surface area (Å²) < 4.78 is 82.4. The largest absolute Gasteiger partial charge is 0.487 e. The lowest BCUT2D eigenvalue weighted by molar-refractivity contribution is -0.140. The maximum Gasteiger partial charge on any atom is 0.425 e. The van der Waals surface area contributed by atoms with Gasteiger partial charge in [-0.25, -0.2) is 15.1 Å². The number of carbonyl (C=O) groups is 1. The Balaban J connectivity index is 1.40. The highest BCUT2D eigenvalue weighted by molar-refractivity contribution is 5.76. The van der Waals surface area contributed by atoms with Crippen molar-refractivity contribution in [1.29, 1.82) is 0 Å². The summed E-state index contributed by atoms with van der Waals surface area (Å²) in [6.07, 6.45) is -7.86. The van der Waals surface area contributed by atoms with Crippen molar-refractivity contribution in [1.82, 2.24) is 30.4 Å². The number of halogens is 6. The number of anilines is 1. The summed E-state index contributed by atoms with van der Waals surface area (Å²) >= 11 is 0. The molecule has 2 N–H and O–H groups in total. The van der Waals surface area contributed by atoms with Crippen LogP contribution in [0.25, 0.3) is 0 Å². The van der Waals surface area contributed by atoms with Crippen molar-refractivity contribution in [2.45, 2.75) is 31.8 Å². The lowest BCUT2D eigenvalue weighted by atomic mass is 10.2. The van der Waals surface area contributed by atoms with Gasteiger partial charge >= 0.3 is 12.4 Å². The third kappa shape index (κ3) is 7.05. The molecule has 0 radical (unpaired) electrons. The van der Waals surface area contributed by atoms with Crippen molar-refractivity contribution in [3.05, 3.63) is 40.1 Å². The van der Waals surface area contributed by atoms with Crippen molar-refractivity contribution >= 4 is 11.9 Å². The van der Waals surface area contributed by atoms with Gasteiger partial charge in [0.15, 0.2) is 11.3 Å². The molecule has 3 heterocycles. The van der Waals surface area contributed by atoms with E-state index in [0.717, 1.165) is 6.20 Å². The topological polar surface area (TPSA) is 116 Å². The standard InChI is InChI=1S/C20H23F6N7O3/c1-12(36-14-11-30-31-17(35)16(14)20(24,25)26)8-27-3-2-15(34)32-4-6-33(7-5-32)18-28-9-13(10-29-18)19(21,22)23/h9-12,27H,2-8H2,1H3,(H,31,35)/t12-/m0/s1. The van der Waals surface area contributed by atoms with Crippen molar-refractivity contribution < 1.29 is 35.9 Å². The lowest BCUT2D eigenvalue weighted by Gasteiger charge is -2.34. The number of carbonyl (C=O) groups excluding carboxylic acids is 1. The Labute approximate surface area is 200 Å². The fourth-order valence-corrected chi connectivity index (χ4v) is 3.44. The molecule has 198 valence electrons. The van der Waals surface area contributed by atoms with Crippen molar-refractivity contribution in [3.63, 3.8) is 0 Å². The average Bonchev–Trinajstić information content (AvgIpc) is 2.80. The SMILES string of the molecule is C[C@@H](CNCCC(=O)N1CCN(c2ncc(C(F)(F)F)cn2)CC1)Oc1cn[nH]c(=O)c1C(F)(F)F. The minimum atomic E-state index is -4.91. The molecule has 0 saturated carbocycles. The molecule has 1 aliphatic rings. The normalized spacial score (nSPS) is 15.6. The number of aromatic amines is 1. The number of nitrogens with zero attached hydrogens (tertiary/aromatic N) is 5. The first-order valence-corrected chi connectivity index (χ1v) is 10.8. The minimum absolute atomic E-state index is 0.108. The molecule has 36 heavy (non-hydrogen) atoms. The molecule has 1 amide bonds. The van der Waals surface area contributed by atoms with E-state index < -0.39 is 40.9 Å². The second-order valence-electron chi connectivity index (χ2n) is 7.96. The molecule has 3 rings (SSSR count). The Hall–Kier alpha value is -3.43. The van der Waals surface area contributed by atoms with Crippen LogP contribution in [0.1, 0.15) is 24.5 Å². The molecule has 1 fully saturated rings. The molecular weight excluding hydrogens is 500 g/mol. The van der Waals surface area contributed by atoms with E-state index >= 15 is 0 Å². The van der Waals surface area contributed by atoms with Crippen LogP contribution >= 0.6 is 0 Å². The summed E-state index contributed by atoms with van der Waals surface area (Å²) in [5, 5.41) is 7.97. The van der Waals surface area contributed by atoms with Crippen molar-refractivity contribution in [2.75, 3.05) is 44.2 Å². The summed E-state index contributed by atoms with van der Waals surface area (Å²) in [4.78, 5) is 34.7. The number of hydrogen-bond donors (Lipinski definition) is 2. The third-order valence-electron chi connectivity index (χ3n) is 5.26. The quantitative estimate of drug-likeness (QED) is 0.397. The van der Waals surface area contributed by atoms with Gasteiger partial charge in [-0.05, 0) is 6.92 Å². The molecule has 0 aromatic carbocycles. The number of ether oxygens (including phenoxy) is 1. The Morgan fingerprint density at radius 3 is 2.31 bits per heavy atom. The summed E-state index contributed by atoms with van der Waals surface area (Å²) in [5.41, 5.74) is -3.82. The monoisotopic (exact) mass is 523 g/mol. The third-order valence-corrected chi connectivity index (χ3v) is 5.26. The van der Waals surface area contributed by atoms with Gasteiger partial charge in [0.2, 0.25) is 11.9 Å². The fraction of sp³-hybridized carbons (Fsp3) is 0.550. The number of hydrogen-bond acceptors (Lipinski definition) is 8. The van der Waals surface area contributed by atoms with Crippen LogP contribution in [0.4, 0.5) is 32.3 Å². The number of aromatic nitrogens is 4. The van der Waals surface area contributed by atoms with E-state index in [2.05, 4.69) is 20.4 Å². The van der Waals surface area contributed by atoms with E-state index in [1.165, 1.54) is 6.92 Å². The van der Waals surface area contributed by atoms with Crippen LogP contribution in [0, 0.1) is 0 Å². The van der Waals surface area contributed by atoms with Crippen LogP contribution in [0.3, 0.4) is 0 Å². The smallest absolute Gasteiger partial charge is 0.425 e. The molecule has 2 aromatic rings. The van der Waals surface area contributed by atoms with Crippen LogP contribution in [0.2, 0.25) is 0 Å². The molecule has 0 spiro atoms. The highest BCUT2D eigenvalue weighted by Gasteiger charge is 2.38. The molecule has 10 nitrogen and oxygen atoms in total. The zero-order valence-electron chi connectivity index (χ0n) is 19.0. The molecule has 0 aliphatic carbocycles. The van der Waals surface area contributed by atoms with Gasteiger partial charge in [-0.15, -0.1) is 0 Å². The van der Waals surface area contributed by atoms with Gasteiger partial charge in [0.1, 0.15) is 6.10 Å². The highest BCUT2D eigenvalue weighted by Crippen LogP contribution is 2.33. The summed E-state index contributed by atoms with van der Waals surface area (Å²) in [6.45, 7) is 3.20. The van der Waals surface area contributed by atoms with Crippen LogP contribution < -0.4 is 20.5 Å². The van der Waals surface area contributed by atoms with E-state index in [1.807, 2.05) is 0 Å². The number of amides is 1. The number of piperazine rings is 1. The Morgan fingerprint density at radius 2 is 1.72 bits per heavy atom. The predicted octanol–water partition coefficient (Wildman–Crippen LogP) is 1.69. The predicted molar refractivity (Wildman–Crippen MR) is 113 cm³/mol. The number of H-pyrrole nitrogens is 1. The number of nitrogens with one attached hydrogen (secondary N) is 2. The summed E-state index contributed by atoms with van der Waals surface area (Å²) in [5.74, 6) is -0.705. The second kappa shape index (κ2) is 11.1. The number of alkyl halides is 6. The van der Waals surface area contributed by atoms with Gasteiger partial charge in [-0.3, -0.25) is 9.59 Å². The number of rotatable bonds is 8. The van der Waals surface area contributed by atoms with E-state index in [-0.39, 0.29) is 31.4 Å². The molecule has 0 unspecified atom stereocenters. The van der Waals surface area contributed by atoms with E-state index in [0.29, 0.717) is 38.6 Å². The van der Waals surface area contributed by atoms with Gasteiger partial charge in [-0.1, -0.05) is 0 Å². The fourth-order valence-electron chi connectivity index (χ4n) is 3.44. The maximum atomic E-state index is 13.1. The first kappa shape index (κ1) is 27.2. The minimum Gasteiger partial charge on any atom is -0.487 e. The molecule has 1 saturated heterocycles. The molecule has 2 aromatic heterocycles. The zero-order valence-corrected chi connectivity index (χ0v) is 19.0. The zero-order chi connectivity index (χ0) is 26.5. The maximum absolute atomic E-state index is 13.1. The second-order valence-corrected chi connectivity index (χ2v) is 7.96. The van der Waals surface area contributed by atoms with Crippen LogP contribution in [0.5, 0.6) is 5.75 Å². The van der Waals surface area contributed by atoms with Gasteiger partial charge < -0.3 is 19.9 Å². The first-order chi connectivity index (χ1) is 16.9. The van der Waals surface area contributed by atoms with Gasteiger partial charge in [0, 0.05) is 58.1 Å². The Kier molecular flexibility index (Phi) is 8.37. The molecule has 16 heteroatoms. The molecule has 1 aliphatic heterocycles. The lowest BCUT2D eigenvalue weighted by Crippen LogP contribution is -2.49. The molecule has 1 atom stereocenters. The Bertz CT molecular complexity index is 1080. The van der Waals surface area contributed by atoms with Crippen LogP contribution in [-0.4, -0.2) is 76.3 Å². The Morgan fingerprint density at radius 1 is 1.08 bits per heavy atom. The van der Waals surface area contributed by atoms with Crippen molar-refractivity contribution in [2.24, 2.45) is 0 Å². The van der Waals surface area contributed by atoms with Crippen LogP contribution in [0.15, 0.2) is 23.4 Å². The summed E-state index contributed by atoms with van der Waals surface area (Å²) in [7, 11) is 0. The van der Waals surface area contributed by atoms with E-state index in [4.69, 9.17) is 4.74 Å². The van der Waals surface area contributed by atoms with Gasteiger partial charge in [0.25, 0.3) is 5.56 Å². The van der Waals surface area contributed by atoms with Gasteiger partial charge in [0.05, 0.1) is 11.8 Å². The average molecular weight is 523 g/mol. The summed E-state index contributed by atoms with van der Waals surface area (Å²) in [6, 6.07) is 0. The van der Waals surface area contributed by atoms with Gasteiger partial charge in [-0.2, -0.15) is 31.4 Å². The van der Waals surface area contributed by atoms with E-state index in [9.17, 15) is 35.9 Å². The highest BCUT2D eigenvalue weighted by atomic mass is 19.4. The molecular formula is C20H23F6N7O3. The van der Waals surface area contributed by atoms with E-state index in [1.54, 1.807) is 14.9 Å². The first-order valence-electron chi connectivity index (χ1n) is 10.8.